The Balaban J connectivity index is 2.64. The monoisotopic (exact) mass is 150 g/mol. The number of allylic oxidation sites excluding steroid dienone is 5. The molecular formula is C10H14O. The van der Waals surface area contributed by atoms with Crippen LogP contribution in [0.4, 0.5) is 0 Å². The number of rotatable bonds is 2. The molecule has 0 aromatic carbocycles. The zero-order valence-corrected chi connectivity index (χ0v) is 7.04. The van der Waals surface area contributed by atoms with Crippen LogP contribution in [0.25, 0.3) is 0 Å². The first-order valence-corrected chi connectivity index (χ1v) is 3.92. The molecule has 1 unspecified atom stereocenters. The molecule has 0 heterocycles. The van der Waals surface area contributed by atoms with E-state index in [9.17, 15) is 0 Å². The van der Waals surface area contributed by atoms with Crippen LogP contribution in [-0.2, 0) is 0 Å². The highest BCUT2D eigenvalue weighted by atomic mass is 16.3. The van der Waals surface area contributed by atoms with Gasteiger partial charge < -0.3 is 5.11 Å². The molecule has 0 aromatic rings. The number of hydrogen-bond donors (Lipinski definition) is 1. The molecule has 0 fully saturated rings. The van der Waals surface area contributed by atoms with Crippen molar-refractivity contribution in [2.24, 2.45) is 0 Å². The van der Waals surface area contributed by atoms with Crippen molar-refractivity contribution < 1.29 is 5.11 Å². The van der Waals surface area contributed by atoms with Crippen LogP contribution in [0.1, 0.15) is 20.3 Å². The molecule has 1 aliphatic rings. The Morgan fingerprint density at radius 1 is 1.45 bits per heavy atom. The van der Waals surface area contributed by atoms with Gasteiger partial charge in [0.25, 0.3) is 0 Å². The van der Waals surface area contributed by atoms with E-state index < -0.39 is 0 Å². The second kappa shape index (κ2) is 3.54. The SMILES string of the molecule is CC(CC(C)O)=C1C=CC=C1. The summed E-state index contributed by atoms with van der Waals surface area (Å²) >= 11 is 0. The summed E-state index contributed by atoms with van der Waals surface area (Å²) in [4.78, 5) is 0. The molecule has 0 spiro atoms. The van der Waals surface area contributed by atoms with Gasteiger partial charge in [-0.15, -0.1) is 0 Å². The molecule has 1 atom stereocenters. The second-order valence-electron chi connectivity index (χ2n) is 3.01. The van der Waals surface area contributed by atoms with Gasteiger partial charge in [-0.25, -0.2) is 0 Å². The van der Waals surface area contributed by atoms with Gasteiger partial charge in [-0.2, -0.15) is 0 Å². The Hall–Kier alpha value is -0.820. The van der Waals surface area contributed by atoms with E-state index in [2.05, 4.69) is 19.1 Å². The van der Waals surface area contributed by atoms with Crippen LogP contribution >= 0.6 is 0 Å². The largest absolute Gasteiger partial charge is 0.393 e. The zero-order valence-electron chi connectivity index (χ0n) is 7.04. The van der Waals surface area contributed by atoms with E-state index in [0.717, 1.165) is 6.42 Å². The summed E-state index contributed by atoms with van der Waals surface area (Å²) in [5, 5.41) is 9.10. The van der Waals surface area contributed by atoms with Crippen molar-refractivity contribution in [3.8, 4) is 0 Å². The van der Waals surface area contributed by atoms with Crippen molar-refractivity contribution in [3.05, 3.63) is 35.5 Å². The van der Waals surface area contributed by atoms with Gasteiger partial charge in [-0.05, 0) is 25.8 Å². The first-order valence-electron chi connectivity index (χ1n) is 3.92. The number of aliphatic hydroxyl groups is 1. The molecule has 0 radical (unpaired) electrons. The highest BCUT2D eigenvalue weighted by molar-refractivity contribution is 5.42. The summed E-state index contributed by atoms with van der Waals surface area (Å²) < 4.78 is 0. The molecule has 1 aliphatic carbocycles. The third-order valence-electron chi connectivity index (χ3n) is 1.76. The van der Waals surface area contributed by atoms with Gasteiger partial charge in [0.2, 0.25) is 0 Å². The van der Waals surface area contributed by atoms with Crippen molar-refractivity contribution in [2.45, 2.75) is 26.4 Å². The Morgan fingerprint density at radius 2 is 2.00 bits per heavy atom. The van der Waals surface area contributed by atoms with Crippen LogP contribution < -0.4 is 0 Å². The van der Waals surface area contributed by atoms with Crippen LogP contribution in [0, 0.1) is 0 Å². The Labute approximate surface area is 67.7 Å². The van der Waals surface area contributed by atoms with Crippen molar-refractivity contribution in [2.75, 3.05) is 0 Å². The summed E-state index contributed by atoms with van der Waals surface area (Å²) in [6.07, 6.45) is 8.70. The van der Waals surface area contributed by atoms with E-state index in [-0.39, 0.29) is 6.10 Å². The molecule has 1 N–H and O–H groups in total. The lowest BCUT2D eigenvalue weighted by Gasteiger charge is -2.05. The summed E-state index contributed by atoms with van der Waals surface area (Å²) in [5.74, 6) is 0. The first-order chi connectivity index (χ1) is 5.20. The van der Waals surface area contributed by atoms with Crippen LogP contribution in [0.3, 0.4) is 0 Å². The molecule has 0 saturated carbocycles. The summed E-state index contributed by atoms with van der Waals surface area (Å²) in [7, 11) is 0. The van der Waals surface area contributed by atoms with Crippen LogP contribution in [0.5, 0.6) is 0 Å². The third kappa shape index (κ3) is 2.35. The molecule has 0 amide bonds. The normalized spacial score (nSPS) is 17.5. The van der Waals surface area contributed by atoms with E-state index in [1.54, 1.807) is 0 Å². The third-order valence-corrected chi connectivity index (χ3v) is 1.76. The Morgan fingerprint density at radius 3 is 2.45 bits per heavy atom. The number of aliphatic hydroxyl groups excluding tert-OH is 1. The molecule has 0 aliphatic heterocycles. The van der Waals surface area contributed by atoms with Gasteiger partial charge in [-0.3, -0.25) is 0 Å². The minimum atomic E-state index is -0.232. The molecule has 1 nitrogen and oxygen atoms in total. The molecular weight excluding hydrogens is 136 g/mol. The van der Waals surface area contributed by atoms with Crippen LogP contribution in [0.2, 0.25) is 0 Å². The predicted molar refractivity (Wildman–Crippen MR) is 47.3 cm³/mol. The van der Waals surface area contributed by atoms with Gasteiger partial charge in [-0.1, -0.05) is 29.9 Å². The van der Waals surface area contributed by atoms with Gasteiger partial charge >= 0.3 is 0 Å². The smallest absolute Gasteiger partial charge is 0.0549 e. The molecule has 0 saturated heterocycles. The zero-order chi connectivity index (χ0) is 8.27. The van der Waals surface area contributed by atoms with Crippen molar-refractivity contribution >= 4 is 0 Å². The average Bonchev–Trinajstić information content (AvgIpc) is 2.35. The quantitative estimate of drug-likeness (QED) is 0.639. The molecule has 60 valence electrons. The van der Waals surface area contributed by atoms with E-state index in [1.165, 1.54) is 11.1 Å². The maximum absolute atomic E-state index is 9.10. The van der Waals surface area contributed by atoms with Gasteiger partial charge in [0.1, 0.15) is 0 Å². The maximum Gasteiger partial charge on any atom is 0.0549 e. The van der Waals surface area contributed by atoms with Gasteiger partial charge in [0.15, 0.2) is 0 Å². The van der Waals surface area contributed by atoms with Crippen LogP contribution in [0.15, 0.2) is 35.5 Å². The molecule has 1 rings (SSSR count). The second-order valence-corrected chi connectivity index (χ2v) is 3.01. The first kappa shape index (κ1) is 8.28. The summed E-state index contributed by atoms with van der Waals surface area (Å²) in [6, 6.07) is 0. The highest BCUT2D eigenvalue weighted by Gasteiger charge is 2.01. The fraction of sp³-hybridized carbons (Fsp3) is 0.400. The van der Waals surface area contributed by atoms with Crippen molar-refractivity contribution in [1.82, 2.24) is 0 Å². The fourth-order valence-corrected chi connectivity index (χ4v) is 1.22. The average molecular weight is 150 g/mol. The van der Waals surface area contributed by atoms with E-state index in [4.69, 9.17) is 5.11 Å². The van der Waals surface area contributed by atoms with Gasteiger partial charge in [0.05, 0.1) is 6.10 Å². The Kier molecular flexibility index (Phi) is 2.66. The van der Waals surface area contributed by atoms with Gasteiger partial charge in [0, 0.05) is 0 Å². The fourth-order valence-electron chi connectivity index (χ4n) is 1.22. The summed E-state index contributed by atoms with van der Waals surface area (Å²) in [6.45, 7) is 3.87. The summed E-state index contributed by atoms with van der Waals surface area (Å²) in [5.41, 5.74) is 2.50. The lowest BCUT2D eigenvalue weighted by Crippen LogP contribution is -2.00. The Bertz CT molecular complexity index is 205. The minimum absolute atomic E-state index is 0.232. The predicted octanol–water partition coefficient (Wildman–Crippen LogP) is 2.20. The van der Waals surface area contributed by atoms with E-state index in [1.807, 2.05) is 19.1 Å². The van der Waals surface area contributed by atoms with Crippen molar-refractivity contribution in [1.29, 1.82) is 0 Å². The molecule has 0 aromatic heterocycles. The standard InChI is InChI=1S/C10H14O/c1-8(7-9(2)11)10-5-3-4-6-10/h3-6,9,11H,7H2,1-2H3. The van der Waals surface area contributed by atoms with E-state index >= 15 is 0 Å². The van der Waals surface area contributed by atoms with E-state index in [0.29, 0.717) is 0 Å². The highest BCUT2D eigenvalue weighted by Crippen LogP contribution is 2.16. The molecule has 0 bridgehead atoms. The number of hydrogen-bond acceptors (Lipinski definition) is 1. The molecule has 11 heavy (non-hydrogen) atoms. The topological polar surface area (TPSA) is 20.2 Å². The van der Waals surface area contributed by atoms with Crippen LogP contribution in [-0.4, -0.2) is 11.2 Å². The maximum atomic E-state index is 9.10. The lowest BCUT2D eigenvalue weighted by atomic mass is 10.1. The minimum Gasteiger partial charge on any atom is -0.393 e. The van der Waals surface area contributed by atoms with Crippen molar-refractivity contribution in [3.63, 3.8) is 0 Å². The molecule has 1 heteroatoms. The lowest BCUT2D eigenvalue weighted by molar-refractivity contribution is 0.195.